The number of carbonyl (C=O) groups is 1. The van der Waals surface area contributed by atoms with Crippen molar-refractivity contribution in [2.24, 2.45) is 7.05 Å². The molecule has 8 heteroatoms. The lowest BCUT2D eigenvalue weighted by Crippen LogP contribution is -2.13. The summed E-state index contributed by atoms with van der Waals surface area (Å²) < 4.78 is 18.8. The molecule has 0 aliphatic heterocycles. The van der Waals surface area contributed by atoms with E-state index in [2.05, 4.69) is 15.4 Å². The smallest absolute Gasteiger partial charge is 0.255 e. The Kier molecular flexibility index (Phi) is 6.21. The maximum Gasteiger partial charge on any atom is 0.255 e. The highest BCUT2D eigenvalue weighted by Crippen LogP contribution is 2.39. The predicted octanol–water partition coefficient (Wildman–Crippen LogP) is 3.73. The largest absolute Gasteiger partial charge is 0.490 e. The second-order valence-electron chi connectivity index (χ2n) is 6.36. The van der Waals surface area contributed by atoms with Crippen LogP contribution < -0.4 is 19.5 Å². The van der Waals surface area contributed by atoms with Gasteiger partial charge in [-0.05, 0) is 45.9 Å². The molecule has 0 aliphatic carbocycles. The number of nitrogens with zero attached hydrogens (tertiary/aromatic N) is 3. The van der Waals surface area contributed by atoms with Gasteiger partial charge in [-0.25, -0.2) is 4.98 Å². The fraction of sp³-hybridized carbons (Fsp3) is 0.381. The maximum atomic E-state index is 12.9. The van der Waals surface area contributed by atoms with E-state index >= 15 is 0 Å². The molecule has 2 heterocycles. The summed E-state index contributed by atoms with van der Waals surface area (Å²) in [6, 6.07) is 5.19. The van der Waals surface area contributed by atoms with E-state index < -0.39 is 0 Å². The van der Waals surface area contributed by atoms with Crippen LogP contribution in [0, 0.1) is 6.92 Å². The number of carbonyl (C=O) groups excluding carboxylic acids is 1. The van der Waals surface area contributed by atoms with Gasteiger partial charge >= 0.3 is 0 Å². The molecule has 0 bridgehead atoms. The topological polar surface area (TPSA) is 87.5 Å². The number of fused-ring (bicyclic) bond motifs is 1. The number of benzene rings is 1. The third-order valence-corrected chi connectivity index (χ3v) is 4.29. The zero-order valence-corrected chi connectivity index (χ0v) is 17.4. The van der Waals surface area contributed by atoms with Gasteiger partial charge in [0.05, 0.1) is 37.4 Å². The van der Waals surface area contributed by atoms with Crippen LogP contribution in [0.5, 0.6) is 17.2 Å². The summed E-state index contributed by atoms with van der Waals surface area (Å²) >= 11 is 0. The lowest BCUT2D eigenvalue weighted by Gasteiger charge is -2.17. The Morgan fingerprint density at radius 3 is 2.24 bits per heavy atom. The molecule has 0 fully saturated rings. The van der Waals surface area contributed by atoms with Gasteiger partial charge in [-0.1, -0.05) is 0 Å². The first-order chi connectivity index (χ1) is 14.0. The Balaban J connectivity index is 1.94. The summed E-state index contributed by atoms with van der Waals surface area (Å²) in [6.07, 6.45) is 1.61. The molecule has 1 N–H and O–H groups in total. The molecule has 0 radical (unpaired) electrons. The van der Waals surface area contributed by atoms with Gasteiger partial charge in [-0.15, -0.1) is 0 Å². The molecule has 0 atom stereocenters. The zero-order valence-electron chi connectivity index (χ0n) is 17.4. The highest BCUT2D eigenvalue weighted by Gasteiger charge is 2.19. The van der Waals surface area contributed by atoms with Crippen molar-refractivity contribution in [2.75, 3.05) is 25.1 Å². The van der Waals surface area contributed by atoms with E-state index in [0.29, 0.717) is 48.3 Å². The van der Waals surface area contributed by atoms with Crippen LogP contribution in [0.1, 0.15) is 36.8 Å². The molecule has 0 aliphatic rings. The van der Waals surface area contributed by atoms with Crippen LogP contribution in [0.25, 0.3) is 11.0 Å². The van der Waals surface area contributed by atoms with E-state index in [9.17, 15) is 4.79 Å². The summed E-state index contributed by atoms with van der Waals surface area (Å²) in [5.74, 6) is 1.16. The number of pyridine rings is 1. The van der Waals surface area contributed by atoms with Gasteiger partial charge in [0.1, 0.15) is 0 Å². The molecular weight excluding hydrogens is 372 g/mol. The van der Waals surface area contributed by atoms with Gasteiger partial charge in [0, 0.05) is 18.0 Å². The van der Waals surface area contributed by atoms with Crippen molar-refractivity contribution in [1.82, 2.24) is 14.8 Å². The molecule has 8 nitrogen and oxygen atoms in total. The Labute approximate surface area is 169 Å². The van der Waals surface area contributed by atoms with E-state index in [4.69, 9.17) is 14.2 Å². The fourth-order valence-electron chi connectivity index (χ4n) is 3.10. The van der Waals surface area contributed by atoms with Gasteiger partial charge in [0.25, 0.3) is 5.91 Å². The van der Waals surface area contributed by atoms with Gasteiger partial charge in [-0.3, -0.25) is 9.48 Å². The van der Waals surface area contributed by atoms with Crippen molar-refractivity contribution in [1.29, 1.82) is 0 Å². The Morgan fingerprint density at radius 2 is 1.66 bits per heavy atom. The highest BCUT2D eigenvalue weighted by molar-refractivity contribution is 6.05. The SMILES string of the molecule is CCOc1cc(C(=O)Nc2cnc3c(c2)c(C)nn3C)cc(OCC)c1OCC. The van der Waals surface area contributed by atoms with E-state index in [0.717, 1.165) is 16.7 Å². The second kappa shape index (κ2) is 8.81. The third-order valence-electron chi connectivity index (χ3n) is 4.29. The van der Waals surface area contributed by atoms with E-state index in [1.54, 1.807) is 23.0 Å². The number of hydrogen-bond donors (Lipinski definition) is 1. The van der Waals surface area contributed by atoms with Crippen molar-refractivity contribution in [2.45, 2.75) is 27.7 Å². The third kappa shape index (κ3) is 4.26. The monoisotopic (exact) mass is 398 g/mol. The highest BCUT2D eigenvalue weighted by atomic mass is 16.5. The Hall–Kier alpha value is -3.29. The molecule has 1 aromatic carbocycles. The number of rotatable bonds is 8. The Bertz CT molecular complexity index is 1000. The normalized spacial score (nSPS) is 10.8. The molecular formula is C21H26N4O4. The molecule has 3 aromatic rings. The summed E-state index contributed by atoms with van der Waals surface area (Å²) in [5, 5.41) is 8.13. The molecule has 154 valence electrons. The average molecular weight is 398 g/mol. The average Bonchev–Trinajstić information content (AvgIpc) is 2.98. The molecule has 0 saturated carbocycles. The molecule has 0 spiro atoms. The minimum absolute atomic E-state index is 0.294. The van der Waals surface area contributed by atoms with Gasteiger partial charge in [0.2, 0.25) is 5.75 Å². The number of nitrogens with one attached hydrogen (secondary N) is 1. The van der Waals surface area contributed by atoms with Crippen LogP contribution >= 0.6 is 0 Å². The molecule has 1 amide bonds. The molecule has 2 aromatic heterocycles. The number of aromatic nitrogens is 3. The quantitative estimate of drug-likeness (QED) is 0.622. The van der Waals surface area contributed by atoms with Gasteiger partial charge in [0.15, 0.2) is 17.1 Å². The molecule has 0 unspecified atom stereocenters. The number of anilines is 1. The standard InChI is InChI=1S/C21H26N4O4/c1-6-27-17-9-14(10-18(28-7-2)19(17)29-8-3)21(26)23-15-11-16-13(4)24-25(5)20(16)22-12-15/h9-12H,6-8H2,1-5H3,(H,23,26). The van der Waals surface area contributed by atoms with Gasteiger partial charge < -0.3 is 19.5 Å². The number of ether oxygens (including phenoxy) is 3. The predicted molar refractivity (Wildman–Crippen MR) is 111 cm³/mol. The summed E-state index contributed by atoms with van der Waals surface area (Å²) in [6.45, 7) is 8.89. The summed E-state index contributed by atoms with van der Waals surface area (Å²) in [7, 11) is 1.84. The van der Waals surface area contributed by atoms with E-state index in [-0.39, 0.29) is 5.91 Å². The first-order valence-corrected chi connectivity index (χ1v) is 9.65. The summed E-state index contributed by atoms with van der Waals surface area (Å²) in [4.78, 5) is 17.3. The van der Waals surface area contributed by atoms with Gasteiger partial charge in [-0.2, -0.15) is 5.10 Å². The van der Waals surface area contributed by atoms with Crippen molar-refractivity contribution in [3.05, 3.63) is 35.7 Å². The first-order valence-electron chi connectivity index (χ1n) is 9.65. The summed E-state index contributed by atoms with van der Waals surface area (Å²) in [5.41, 5.74) is 2.61. The maximum absolute atomic E-state index is 12.9. The van der Waals surface area contributed by atoms with Crippen molar-refractivity contribution in [3.63, 3.8) is 0 Å². The van der Waals surface area contributed by atoms with Crippen molar-refractivity contribution in [3.8, 4) is 17.2 Å². The van der Waals surface area contributed by atoms with Crippen LogP contribution in [0.3, 0.4) is 0 Å². The molecule has 3 rings (SSSR count). The number of aryl methyl sites for hydroxylation is 2. The van der Waals surface area contributed by atoms with Crippen LogP contribution in [0.4, 0.5) is 5.69 Å². The van der Waals surface area contributed by atoms with E-state index in [1.807, 2.05) is 40.8 Å². The van der Waals surface area contributed by atoms with Crippen LogP contribution in [-0.2, 0) is 7.05 Å². The second-order valence-corrected chi connectivity index (χ2v) is 6.36. The minimum Gasteiger partial charge on any atom is -0.490 e. The Morgan fingerprint density at radius 1 is 1.03 bits per heavy atom. The lowest BCUT2D eigenvalue weighted by molar-refractivity contribution is 0.102. The van der Waals surface area contributed by atoms with Crippen LogP contribution in [-0.4, -0.2) is 40.5 Å². The minimum atomic E-state index is -0.294. The zero-order chi connectivity index (χ0) is 21.0. The van der Waals surface area contributed by atoms with Crippen LogP contribution in [0.15, 0.2) is 24.4 Å². The fourth-order valence-corrected chi connectivity index (χ4v) is 3.10. The molecule has 0 saturated heterocycles. The van der Waals surface area contributed by atoms with Crippen LogP contribution in [0.2, 0.25) is 0 Å². The lowest BCUT2D eigenvalue weighted by atomic mass is 10.1. The van der Waals surface area contributed by atoms with E-state index in [1.165, 1.54) is 0 Å². The van der Waals surface area contributed by atoms with Crippen molar-refractivity contribution < 1.29 is 19.0 Å². The number of hydrogen-bond acceptors (Lipinski definition) is 6. The first kappa shape index (κ1) is 20.4. The number of amides is 1. The molecule has 29 heavy (non-hydrogen) atoms. The van der Waals surface area contributed by atoms with Crippen molar-refractivity contribution >= 4 is 22.6 Å².